The fourth-order valence-electron chi connectivity index (χ4n) is 5.26. The number of hydrogen-bond donors (Lipinski definition) is 2. The molecule has 0 radical (unpaired) electrons. The summed E-state index contributed by atoms with van der Waals surface area (Å²) in [6.45, 7) is 11.8. The van der Waals surface area contributed by atoms with Crippen molar-refractivity contribution in [2.24, 2.45) is 10.5 Å². The van der Waals surface area contributed by atoms with E-state index in [1.54, 1.807) is 18.4 Å². The van der Waals surface area contributed by atoms with Crippen molar-refractivity contribution in [2.75, 3.05) is 19.0 Å². The van der Waals surface area contributed by atoms with Crippen molar-refractivity contribution in [3.05, 3.63) is 110 Å². The summed E-state index contributed by atoms with van der Waals surface area (Å²) in [7, 11) is 1.65. The lowest BCUT2D eigenvalue weighted by Crippen LogP contribution is -2.34. The van der Waals surface area contributed by atoms with Gasteiger partial charge in [0.05, 0.1) is 31.4 Å². The van der Waals surface area contributed by atoms with E-state index in [1.807, 2.05) is 94.4 Å². The van der Waals surface area contributed by atoms with Crippen LogP contribution in [0.5, 0.6) is 5.75 Å². The first-order valence-electron chi connectivity index (χ1n) is 14.4. The van der Waals surface area contributed by atoms with E-state index in [0.717, 1.165) is 49.0 Å². The predicted octanol–water partition coefficient (Wildman–Crippen LogP) is 9.09. The number of esters is 1. The quantitative estimate of drug-likeness (QED) is 0.111. The van der Waals surface area contributed by atoms with Crippen LogP contribution in [0.2, 0.25) is 0 Å². The number of ether oxygens (including phenoxy) is 3. The van der Waals surface area contributed by atoms with Gasteiger partial charge in [-0.25, -0.2) is 5.53 Å². The lowest BCUT2D eigenvalue weighted by Gasteiger charge is -2.33. The van der Waals surface area contributed by atoms with E-state index in [-0.39, 0.29) is 18.5 Å². The molecule has 0 aliphatic rings. The van der Waals surface area contributed by atoms with Crippen molar-refractivity contribution in [3.8, 4) is 5.75 Å². The van der Waals surface area contributed by atoms with Crippen LogP contribution in [-0.4, -0.2) is 19.6 Å². The highest BCUT2D eigenvalue weighted by Crippen LogP contribution is 2.48. The van der Waals surface area contributed by atoms with Gasteiger partial charge in [-0.3, -0.25) is 4.79 Å². The van der Waals surface area contributed by atoms with E-state index in [9.17, 15) is 4.79 Å². The fraction of sp³-hybridized carbons (Fsp3) is 0.343. The number of methoxy groups -OCH3 is 1. The number of thiophene rings is 1. The lowest BCUT2D eigenvalue weighted by molar-refractivity contribution is -0.156. The summed E-state index contributed by atoms with van der Waals surface area (Å²) in [6.07, 6.45) is 0. The zero-order valence-electron chi connectivity index (χ0n) is 25.8. The summed E-state index contributed by atoms with van der Waals surface area (Å²) in [5, 5.41) is 7.18. The standard InChI is InChI=1S/C35H41N3O4S/c1-7-37-30-18-17-29(23(2)33(30)38-36)32(35(4,5)34(39)42-21-25-11-9-8-10-12-25)31-19-27(24(3)43-31)22-41-20-26-13-15-28(40-6)16-14-26/h8-19,32,36-37H,7,20-22H2,1-6H3/t32-/m1/s1. The van der Waals surface area contributed by atoms with Gasteiger partial charge in [0.15, 0.2) is 0 Å². The zero-order chi connectivity index (χ0) is 31.0. The van der Waals surface area contributed by atoms with Crippen LogP contribution < -0.4 is 10.1 Å². The van der Waals surface area contributed by atoms with Crippen LogP contribution in [0.15, 0.2) is 77.9 Å². The van der Waals surface area contributed by atoms with E-state index >= 15 is 0 Å². The molecule has 0 aliphatic carbocycles. The van der Waals surface area contributed by atoms with E-state index in [0.29, 0.717) is 25.4 Å². The van der Waals surface area contributed by atoms with Crippen LogP contribution in [0.1, 0.15) is 64.3 Å². The first-order valence-corrected chi connectivity index (χ1v) is 15.3. The third-order valence-corrected chi connectivity index (χ3v) is 8.89. The maximum atomic E-state index is 13.8. The molecular weight excluding hydrogens is 558 g/mol. The minimum Gasteiger partial charge on any atom is -0.497 e. The molecule has 0 aliphatic heterocycles. The molecule has 0 saturated carbocycles. The van der Waals surface area contributed by atoms with E-state index in [4.69, 9.17) is 19.7 Å². The maximum absolute atomic E-state index is 13.8. The van der Waals surface area contributed by atoms with Gasteiger partial charge in [0, 0.05) is 22.2 Å². The number of nitrogens with one attached hydrogen (secondary N) is 2. The molecule has 0 bridgehead atoms. The molecule has 7 nitrogen and oxygen atoms in total. The van der Waals surface area contributed by atoms with Gasteiger partial charge in [0.25, 0.3) is 0 Å². The van der Waals surface area contributed by atoms with Crippen molar-refractivity contribution >= 4 is 28.7 Å². The van der Waals surface area contributed by atoms with Crippen LogP contribution in [-0.2, 0) is 34.1 Å². The van der Waals surface area contributed by atoms with Crippen LogP contribution in [0.25, 0.3) is 0 Å². The monoisotopic (exact) mass is 599 g/mol. The third kappa shape index (κ3) is 7.50. The number of benzene rings is 3. The van der Waals surface area contributed by atoms with Gasteiger partial charge in [0.2, 0.25) is 0 Å². The molecule has 43 heavy (non-hydrogen) atoms. The summed E-state index contributed by atoms with van der Waals surface area (Å²) in [5.41, 5.74) is 13.3. The van der Waals surface area contributed by atoms with Gasteiger partial charge in [0.1, 0.15) is 18.0 Å². The molecule has 226 valence electrons. The van der Waals surface area contributed by atoms with Crippen LogP contribution >= 0.6 is 11.3 Å². The first kappa shape index (κ1) is 31.9. The summed E-state index contributed by atoms with van der Waals surface area (Å²) >= 11 is 1.67. The summed E-state index contributed by atoms with van der Waals surface area (Å²) < 4.78 is 17.3. The third-order valence-electron chi connectivity index (χ3n) is 7.73. The number of carbonyl (C=O) groups is 1. The Labute approximate surface area is 258 Å². The molecule has 0 fully saturated rings. The molecule has 4 rings (SSSR count). The van der Waals surface area contributed by atoms with Gasteiger partial charge >= 0.3 is 5.97 Å². The predicted molar refractivity (Wildman–Crippen MR) is 173 cm³/mol. The SMILES string of the molecule is CCNc1ccc([C@H](c2cc(COCc3ccc(OC)cc3)c(C)s2)C(C)(C)C(=O)OCc2ccccc2)c(C)c1N=N. The Bertz CT molecular complexity index is 1530. The molecule has 1 aromatic heterocycles. The Kier molecular flexibility index (Phi) is 10.7. The Balaban J connectivity index is 1.66. The number of carbonyl (C=O) groups excluding carboxylic acids is 1. The Morgan fingerprint density at radius 2 is 1.67 bits per heavy atom. The van der Waals surface area contributed by atoms with E-state index in [2.05, 4.69) is 23.4 Å². The van der Waals surface area contributed by atoms with E-state index in [1.165, 1.54) is 0 Å². The number of aryl methyl sites for hydroxylation is 1. The minimum atomic E-state index is -0.920. The molecule has 4 aromatic rings. The topological polar surface area (TPSA) is 93.0 Å². The fourth-order valence-corrected chi connectivity index (χ4v) is 6.60. The van der Waals surface area contributed by atoms with Gasteiger partial charge in [-0.05, 0) is 86.7 Å². The lowest BCUT2D eigenvalue weighted by atomic mass is 9.72. The second-order valence-electron chi connectivity index (χ2n) is 11.1. The molecule has 3 aromatic carbocycles. The minimum absolute atomic E-state index is 0.204. The van der Waals surface area contributed by atoms with Crippen LogP contribution in [0, 0.1) is 24.8 Å². The summed E-state index contributed by atoms with van der Waals surface area (Å²) in [5.74, 6) is 0.198. The highest BCUT2D eigenvalue weighted by Gasteiger charge is 2.42. The molecule has 8 heteroatoms. The normalized spacial score (nSPS) is 12.0. The molecule has 0 unspecified atom stereocenters. The Morgan fingerprint density at radius 1 is 0.977 bits per heavy atom. The largest absolute Gasteiger partial charge is 0.497 e. The van der Waals surface area contributed by atoms with Crippen molar-refractivity contribution in [2.45, 2.75) is 60.4 Å². The average molecular weight is 600 g/mol. The second kappa shape index (κ2) is 14.4. The Hall–Kier alpha value is -4.01. The highest BCUT2D eigenvalue weighted by molar-refractivity contribution is 7.12. The smallest absolute Gasteiger partial charge is 0.312 e. The molecular formula is C35H41N3O4S. The second-order valence-corrected chi connectivity index (χ2v) is 12.4. The van der Waals surface area contributed by atoms with Gasteiger partial charge in [-0.2, -0.15) is 5.11 Å². The summed E-state index contributed by atoms with van der Waals surface area (Å²) in [4.78, 5) is 16.0. The van der Waals surface area contributed by atoms with Crippen molar-refractivity contribution in [1.82, 2.24) is 0 Å². The molecule has 0 amide bonds. The first-order chi connectivity index (χ1) is 20.7. The summed E-state index contributed by atoms with van der Waals surface area (Å²) in [6, 6.07) is 23.7. The van der Waals surface area contributed by atoms with Crippen molar-refractivity contribution in [3.63, 3.8) is 0 Å². The maximum Gasteiger partial charge on any atom is 0.312 e. The van der Waals surface area contributed by atoms with Crippen molar-refractivity contribution < 1.29 is 19.0 Å². The number of anilines is 1. The average Bonchev–Trinajstić information content (AvgIpc) is 3.37. The molecule has 2 N–H and O–H groups in total. The molecule has 0 saturated heterocycles. The highest BCUT2D eigenvalue weighted by atomic mass is 32.1. The molecule has 0 spiro atoms. The van der Waals surface area contributed by atoms with Gasteiger partial charge in [-0.1, -0.05) is 48.5 Å². The van der Waals surface area contributed by atoms with Crippen LogP contribution in [0.4, 0.5) is 11.4 Å². The number of rotatable bonds is 14. The van der Waals surface area contributed by atoms with E-state index < -0.39 is 5.41 Å². The van der Waals surface area contributed by atoms with Gasteiger partial charge in [-0.15, -0.1) is 11.3 Å². The van der Waals surface area contributed by atoms with Gasteiger partial charge < -0.3 is 19.5 Å². The molecule has 1 heterocycles. The number of hydrogen-bond acceptors (Lipinski definition) is 8. The number of nitrogens with zero attached hydrogens (tertiary/aromatic N) is 1. The van der Waals surface area contributed by atoms with Crippen LogP contribution in [0.3, 0.4) is 0 Å². The molecule has 1 atom stereocenters. The van der Waals surface area contributed by atoms with Crippen molar-refractivity contribution in [1.29, 1.82) is 5.53 Å². The Morgan fingerprint density at radius 3 is 2.33 bits per heavy atom. The zero-order valence-corrected chi connectivity index (χ0v) is 26.6.